The van der Waals surface area contributed by atoms with Crippen LogP contribution < -0.4 is 15.4 Å². The minimum atomic E-state index is -0.529. The van der Waals surface area contributed by atoms with Gasteiger partial charge in [0.2, 0.25) is 0 Å². The number of nitrogens with zero attached hydrogens (tertiary/aromatic N) is 1. The van der Waals surface area contributed by atoms with Gasteiger partial charge in [-0.15, -0.1) is 6.42 Å². The zero-order chi connectivity index (χ0) is 18.9. The molecule has 0 heterocycles. The molecule has 0 aliphatic rings. The van der Waals surface area contributed by atoms with Crippen LogP contribution in [0.25, 0.3) is 0 Å². The average Bonchev–Trinajstić information content (AvgIpc) is 2.65. The Morgan fingerprint density at radius 1 is 1.15 bits per heavy atom. The smallest absolute Gasteiger partial charge is 0.269 e. The summed E-state index contributed by atoms with van der Waals surface area (Å²) >= 11 is 0. The van der Waals surface area contributed by atoms with E-state index < -0.39 is 16.7 Å². The van der Waals surface area contributed by atoms with E-state index in [0.717, 1.165) is 0 Å². The lowest BCUT2D eigenvalue weighted by Crippen LogP contribution is -2.26. The van der Waals surface area contributed by atoms with Gasteiger partial charge in [-0.2, -0.15) is 0 Å². The zero-order valence-electron chi connectivity index (χ0n) is 13.6. The summed E-state index contributed by atoms with van der Waals surface area (Å²) in [6.07, 6.45) is 5.11. The number of carbonyl (C=O) groups is 2. The molecule has 26 heavy (non-hydrogen) atoms. The second kappa shape index (κ2) is 8.84. The van der Waals surface area contributed by atoms with E-state index in [1.807, 2.05) is 0 Å². The Labute approximate surface area is 149 Å². The first-order valence-corrected chi connectivity index (χ1v) is 7.49. The summed E-state index contributed by atoms with van der Waals surface area (Å²) < 4.78 is 5.28. The number of hydrogen-bond acceptors (Lipinski definition) is 5. The summed E-state index contributed by atoms with van der Waals surface area (Å²) in [5.41, 5.74) is 0.513. The Kier molecular flexibility index (Phi) is 6.28. The lowest BCUT2D eigenvalue weighted by atomic mass is 10.1. The van der Waals surface area contributed by atoms with Crippen LogP contribution in [0, 0.1) is 22.5 Å². The van der Waals surface area contributed by atoms with Crippen molar-refractivity contribution in [2.24, 2.45) is 0 Å². The monoisotopic (exact) mass is 353 g/mol. The first-order valence-electron chi connectivity index (χ1n) is 7.49. The number of rotatable bonds is 7. The number of hydrogen-bond donors (Lipinski definition) is 2. The molecule has 2 N–H and O–H groups in total. The van der Waals surface area contributed by atoms with E-state index in [1.54, 1.807) is 24.3 Å². The molecule has 0 radical (unpaired) electrons. The number of carbonyl (C=O) groups excluding carboxylic acids is 2. The number of terminal acetylenes is 1. The maximum absolute atomic E-state index is 12.0. The molecule has 0 unspecified atom stereocenters. The van der Waals surface area contributed by atoms with E-state index in [4.69, 9.17) is 11.2 Å². The molecule has 2 aromatic rings. The molecular weight excluding hydrogens is 338 g/mol. The molecule has 0 saturated heterocycles. The fourth-order valence-corrected chi connectivity index (χ4v) is 2.02. The maximum Gasteiger partial charge on any atom is 0.269 e. The van der Waals surface area contributed by atoms with E-state index in [-0.39, 0.29) is 24.4 Å². The molecule has 0 spiro atoms. The van der Waals surface area contributed by atoms with Gasteiger partial charge in [-0.1, -0.05) is 18.1 Å². The standard InChI is InChI=1S/C18H15N3O5/c1-2-11-19-18(23)15-5-3-4-6-16(15)20-17(22)12-26-14-9-7-13(8-10-14)21(24)25/h1,3-10H,11-12H2,(H,19,23)(H,20,22). The molecule has 2 amide bonds. The number of non-ortho nitro benzene ring substituents is 1. The van der Waals surface area contributed by atoms with Crippen LogP contribution in [0.15, 0.2) is 48.5 Å². The molecule has 8 heteroatoms. The van der Waals surface area contributed by atoms with Crippen LogP contribution >= 0.6 is 0 Å². The molecule has 0 atom stereocenters. The third-order valence-electron chi connectivity index (χ3n) is 3.21. The van der Waals surface area contributed by atoms with Crippen molar-refractivity contribution in [1.29, 1.82) is 0 Å². The van der Waals surface area contributed by atoms with Gasteiger partial charge in [-0.25, -0.2) is 0 Å². The van der Waals surface area contributed by atoms with Crippen LogP contribution in [-0.4, -0.2) is 29.9 Å². The Balaban J connectivity index is 1.96. The van der Waals surface area contributed by atoms with Gasteiger partial charge in [-0.3, -0.25) is 19.7 Å². The van der Waals surface area contributed by atoms with Crippen LogP contribution in [0.5, 0.6) is 5.75 Å². The molecular formula is C18H15N3O5. The summed E-state index contributed by atoms with van der Waals surface area (Å²) in [6.45, 7) is -0.248. The van der Waals surface area contributed by atoms with Crippen LogP contribution in [-0.2, 0) is 4.79 Å². The number of anilines is 1. The van der Waals surface area contributed by atoms with Gasteiger partial charge in [0.1, 0.15) is 5.75 Å². The molecule has 8 nitrogen and oxygen atoms in total. The van der Waals surface area contributed by atoms with Gasteiger partial charge in [0.25, 0.3) is 17.5 Å². The first-order chi connectivity index (χ1) is 12.5. The molecule has 2 rings (SSSR count). The van der Waals surface area contributed by atoms with Crippen molar-refractivity contribution in [2.45, 2.75) is 0 Å². The molecule has 0 aliphatic heterocycles. The summed E-state index contributed by atoms with van der Waals surface area (Å²) in [7, 11) is 0. The van der Waals surface area contributed by atoms with Gasteiger partial charge >= 0.3 is 0 Å². The normalized spacial score (nSPS) is 9.65. The summed E-state index contributed by atoms with van der Waals surface area (Å²) in [4.78, 5) is 34.1. The number of amides is 2. The SMILES string of the molecule is C#CCNC(=O)c1ccccc1NC(=O)COc1ccc([N+](=O)[O-])cc1. The fourth-order valence-electron chi connectivity index (χ4n) is 2.02. The second-order valence-corrected chi connectivity index (χ2v) is 5.02. The minimum Gasteiger partial charge on any atom is -0.484 e. The van der Waals surface area contributed by atoms with Gasteiger partial charge in [-0.05, 0) is 24.3 Å². The van der Waals surface area contributed by atoms with E-state index in [0.29, 0.717) is 11.4 Å². The maximum atomic E-state index is 12.0. The molecule has 2 aromatic carbocycles. The third kappa shape index (κ3) is 5.07. The molecule has 0 aromatic heterocycles. The highest BCUT2D eigenvalue weighted by molar-refractivity contribution is 6.04. The Morgan fingerprint density at radius 2 is 1.85 bits per heavy atom. The molecule has 0 aliphatic carbocycles. The average molecular weight is 353 g/mol. The lowest BCUT2D eigenvalue weighted by molar-refractivity contribution is -0.384. The molecule has 0 bridgehead atoms. The number of ether oxygens (including phenoxy) is 1. The van der Waals surface area contributed by atoms with Crippen molar-refractivity contribution in [3.8, 4) is 18.1 Å². The summed E-state index contributed by atoms with van der Waals surface area (Å²) in [5.74, 6) is 1.71. The molecule has 0 fully saturated rings. The van der Waals surface area contributed by atoms with Gasteiger partial charge in [0.05, 0.1) is 22.7 Å². The van der Waals surface area contributed by atoms with E-state index in [2.05, 4.69) is 16.6 Å². The largest absolute Gasteiger partial charge is 0.484 e. The fraction of sp³-hybridized carbons (Fsp3) is 0.111. The van der Waals surface area contributed by atoms with Crippen molar-refractivity contribution in [1.82, 2.24) is 5.32 Å². The Morgan fingerprint density at radius 3 is 2.50 bits per heavy atom. The Hall–Kier alpha value is -3.86. The van der Waals surface area contributed by atoms with Crippen molar-refractivity contribution >= 4 is 23.2 Å². The highest BCUT2D eigenvalue weighted by Gasteiger charge is 2.13. The number of benzene rings is 2. The topological polar surface area (TPSA) is 111 Å². The highest BCUT2D eigenvalue weighted by atomic mass is 16.6. The minimum absolute atomic E-state index is 0.0738. The van der Waals surface area contributed by atoms with Crippen LogP contribution in [0.2, 0.25) is 0 Å². The van der Waals surface area contributed by atoms with Gasteiger partial charge in [0, 0.05) is 12.1 Å². The first kappa shape index (κ1) is 18.5. The molecule has 0 saturated carbocycles. The highest BCUT2D eigenvalue weighted by Crippen LogP contribution is 2.18. The summed E-state index contributed by atoms with van der Waals surface area (Å²) in [5, 5.41) is 15.7. The second-order valence-electron chi connectivity index (χ2n) is 5.02. The summed E-state index contributed by atoms with van der Waals surface area (Å²) in [6, 6.07) is 11.8. The van der Waals surface area contributed by atoms with Crippen molar-refractivity contribution in [3.05, 3.63) is 64.2 Å². The quantitative estimate of drug-likeness (QED) is 0.449. The van der Waals surface area contributed by atoms with Crippen LogP contribution in [0.1, 0.15) is 10.4 Å². The number of nitro groups is 1. The zero-order valence-corrected chi connectivity index (χ0v) is 13.6. The lowest BCUT2D eigenvalue weighted by Gasteiger charge is -2.11. The van der Waals surface area contributed by atoms with Crippen molar-refractivity contribution < 1.29 is 19.2 Å². The van der Waals surface area contributed by atoms with Crippen molar-refractivity contribution in [3.63, 3.8) is 0 Å². The van der Waals surface area contributed by atoms with Crippen molar-refractivity contribution in [2.75, 3.05) is 18.5 Å². The Bertz CT molecular complexity index is 856. The molecule has 132 valence electrons. The predicted octanol–water partition coefficient (Wildman–Crippen LogP) is 1.98. The van der Waals surface area contributed by atoms with E-state index in [1.165, 1.54) is 24.3 Å². The number of para-hydroxylation sites is 1. The number of nitrogens with one attached hydrogen (secondary N) is 2. The van der Waals surface area contributed by atoms with Gasteiger partial charge in [0.15, 0.2) is 6.61 Å². The van der Waals surface area contributed by atoms with Crippen LogP contribution in [0.4, 0.5) is 11.4 Å². The third-order valence-corrected chi connectivity index (χ3v) is 3.21. The van der Waals surface area contributed by atoms with E-state index in [9.17, 15) is 19.7 Å². The number of nitro benzene ring substituents is 1. The van der Waals surface area contributed by atoms with Gasteiger partial charge < -0.3 is 15.4 Å². The predicted molar refractivity (Wildman–Crippen MR) is 94.8 cm³/mol. The van der Waals surface area contributed by atoms with Crippen LogP contribution in [0.3, 0.4) is 0 Å². The van der Waals surface area contributed by atoms with E-state index >= 15 is 0 Å².